The monoisotopic (exact) mass is 357 g/mol. The number of thioether (sulfide) groups is 1. The van der Waals surface area contributed by atoms with Crippen LogP contribution < -0.4 is 10.9 Å². The molecule has 0 aliphatic rings. The largest absolute Gasteiger partial charge is 0.323 e. The highest BCUT2D eigenvalue weighted by molar-refractivity contribution is 7.99. The molecule has 0 bridgehead atoms. The number of halogens is 2. The van der Waals surface area contributed by atoms with Crippen molar-refractivity contribution in [3.05, 3.63) is 49.9 Å². The zero-order chi connectivity index (χ0) is 16.3. The summed E-state index contributed by atoms with van der Waals surface area (Å²) in [6.45, 7) is 3.54. The van der Waals surface area contributed by atoms with Crippen LogP contribution in [-0.2, 0) is 4.79 Å². The minimum atomic E-state index is -0.288. The Morgan fingerprint density at radius 2 is 2.09 bits per heavy atom. The molecule has 0 spiro atoms. The molecular weight excluding hydrogens is 345 g/mol. The Bertz CT molecular complexity index is 777. The third-order valence-electron chi connectivity index (χ3n) is 2.74. The van der Waals surface area contributed by atoms with E-state index >= 15 is 0 Å². The van der Waals surface area contributed by atoms with Crippen LogP contribution in [0.5, 0.6) is 0 Å². The second-order valence-electron chi connectivity index (χ2n) is 4.58. The van der Waals surface area contributed by atoms with E-state index in [1.807, 2.05) is 6.92 Å². The molecule has 0 fully saturated rings. The van der Waals surface area contributed by atoms with E-state index in [2.05, 4.69) is 15.3 Å². The average molecular weight is 358 g/mol. The van der Waals surface area contributed by atoms with Gasteiger partial charge in [0.25, 0.3) is 5.56 Å². The third-order valence-corrected chi connectivity index (χ3v) is 4.41. The van der Waals surface area contributed by atoms with Crippen molar-refractivity contribution in [2.75, 3.05) is 11.1 Å². The smallest absolute Gasteiger partial charge is 0.251 e. The summed E-state index contributed by atoms with van der Waals surface area (Å²) >= 11 is 13.3. The maximum absolute atomic E-state index is 12.0. The minimum absolute atomic E-state index is 0.0764. The second-order valence-corrected chi connectivity index (χ2v) is 6.33. The number of H-pyrrole nitrogens is 1. The van der Waals surface area contributed by atoms with Gasteiger partial charge in [-0.1, -0.05) is 41.0 Å². The summed E-state index contributed by atoms with van der Waals surface area (Å²) in [6.07, 6.45) is 0. The van der Waals surface area contributed by atoms with Crippen LogP contribution in [0.1, 0.15) is 11.3 Å². The molecule has 0 aliphatic heterocycles. The van der Waals surface area contributed by atoms with E-state index in [4.69, 9.17) is 23.2 Å². The molecule has 1 amide bonds. The van der Waals surface area contributed by atoms with E-state index in [1.165, 1.54) is 6.07 Å². The molecule has 0 unspecified atom stereocenters. The van der Waals surface area contributed by atoms with Crippen molar-refractivity contribution >= 4 is 46.6 Å². The number of aryl methyl sites for hydroxylation is 2. The standard InChI is InChI=1S/C14H13Cl2N3O2S/c1-7-3-4-9(15)13(12(7)16)18-11(21)6-22-14-17-8(2)5-10(20)19-14/h3-5H,6H2,1-2H3,(H,18,21)(H,17,19,20). The van der Waals surface area contributed by atoms with E-state index in [-0.39, 0.29) is 17.2 Å². The highest BCUT2D eigenvalue weighted by Crippen LogP contribution is 2.33. The van der Waals surface area contributed by atoms with Gasteiger partial charge in [-0.15, -0.1) is 0 Å². The van der Waals surface area contributed by atoms with Gasteiger partial charge in [0.05, 0.1) is 21.5 Å². The van der Waals surface area contributed by atoms with Gasteiger partial charge >= 0.3 is 0 Å². The van der Waals surface area contributed by atoms with Gasteiger partial charge in [-0.25, -0.2) is 4.98 Å². The summed E-state index contributed by atoms with van der Waals surface area (Å²) in [7, 11) is 0. The molecule has 0 radical (unpaired) electrons. The molecular formula is C14H13Cl2N3O2S. The van der Waals surface area contributed by atoms with Crippen LogP contribution >= 0.6 is 35.0 Å². The predicted molar refractivity (Wildman–Crippen MR) is 90.1 cm³/mol. The van der Waals surface area contributed by atoms with E-state index < -0.39 is 0 Å². The van der Waals surface area contributed by atoms with Crippen LogP contribution in [0.25, 0.3) is 0 Å². The van der Waals surface area contributed by atoms with Crippen molar-refractivity contribution in [3.8, 4) is 0 Å². The van der Waals surface area contributed by atoms with Gasteiger partial charge in [-0.3, -0.25) is 9.59 Å². The topological polar surface area (TPSA) is 74.8 Å². The third kappa shape index (κ3) is 4.25. The normalized spacial score (nSPS) is 10.5. The number of nitrogens with zero attached hydrogens (tertiary/aromatic N) is 1. The summed E-state index contributed by atoms with van der Waals surface area (Å²) in [5.74, 6) is -0.212. The molecule has 1 aromatic carbocycles. The molecule has 1 aromatic heterocycles. The van der Waals surface area contributed by atoms with Gasteiger partial charge in [0.15, 0.2) is 5.16 Å². The number of hydrogen-bond donors (Lipinski definition) is 2. The molecule has 5 nitrogen and oxygen atoms in total. The number of benzene rings is 1. The van der Waals surface area contributed by atoms with Gasteiger partial charge in [0, 0.05) is 11.8 Å². The Hall–Kier alpha value is -1.50. The lowest BCUT2D eigenvalue weighted by atomic mass is 10.2. The van der Waals surface area contributed by atoms with Crippen molar-refractivity contribution in [1.82, 2.24) is 9.97 Å². The SMILES string of the molecule is Cc1cc(=O)[nH]c(SCC(=O)Nc2c(Cl)ccc(C)c2Cl)n1. The summed E-state index contributed by atoms with van der Waals surface area (Å²) in [5, 5.41) is 3.85. The summed E-state index contributed by atoms with van der Waals surface area (Å²) in [4.78, 5) is 30.0. The van der Waals surface area contributed by atoms with E-state index in [9.17, 15) is 9.59 Å². The number of aromatic amines is 1. The van der Waals surface area contributed by atoms with Gasteiger partial charge in [-0.05, 0) is 25.5 Å². The fraction of sp³-hybridized carbons (Fsp3) is 0.214. The highest BCUT2D eigenvalue weighted by atomic mass is 35.5. The van der Waals surface area contributed by atoms with Crippen LogP contribution in [0.15, 0.2) is 28.2 Å². The quantitative estimate of drug-likeness (QED) is 0.649. The molecule has 0 aliphatic carbocycles. The van der Waals surface area contributed by atoms with Crippen molar-refractivity contribution < 1.29 is 4.79 Å². The first-order chi connectivity index (χ1) is 10.4. The number of nitrogens with one attached hydrogen (secondary N) is 2. The number of anilines is 1. The maximum Gasteiger partial charge on any atom is 0.251 e. The predicted octanol–water partition coefficient (Wildman–Crippen LogP) is 3.42. The van der Waals surface area contributed by atoms with E-state index in [1.54, 1.807) is 19.1 Å². The lowest BCUT2D eigenvalue weighted by Gasteiger charge is -2.10. The maximum atomic E-state index is 12.0. The number of carbonyl (C=O) groups is 1. The summed E-state index contributed by atoms with van der Waals surface area (Å²) in [5.41, 5.74) is 1.55. The molecule has 2 N–H and O–H groups in total. The van der Waals surface area contributed by atoms with E-state index in [0.29, 0.717) is 26.6 Å². The number of carbonyl (C=O) groups excluding carboxylic acids is 1. The lowest BCUT2D eigenvalue weighted by Crippen LogP contribution is -2.16. The molecule has 0 saturated carbocycles. The molecule has 2 aromatic rings. The fourth-order valence-electron chi connectivity index (χ4n) is 1.70. The molecule has 0 saturated heterocycles. The van der Waals surface area contributed by atoms with Crippen LogP contribution in [-0.4, -0.2) is 21.6 Å². The average Bonchev–Trinajstić information content (AvgIpc) is 2.44. The molecule has 22 heavy (non-hydrogen) atoms. The van der Waals surface area contributed by atoms with Crippen molar-refractivity contribution in [3.63, 3.8) is 0 Å². The minimum Gasteiger partial charge on any atom is -0.323 e. The first-order valence-electron chi connectivity index (χ1n) is 6.32. The first kappa shape index (κ1) is 16.9. The zero-order valence-electron chi connectivity index (χ0n) is 11.9. The molecule has 116 valence electrons. The molecule has 1 heterocycles. The van der Waals surface area contributed by atoms with Crippen LogP contribution in [0.2, 0.25) is 10.0 Å². The lowest BCUT2D eigenvalue weighted by molar-refractivity contribution is -0.113. The number of amides is 1. The Labute approximate surface area is 141 Å². The summed E-state index contributed by atoms with van der Waals surface area (Å²) in [6, 6.07) is 4.83. The zero-order valence-corrected chi connectivity index (χ0v) is 14.2. The van der Waals surface area contributed by atoms with Gasteiger partial charge in [0.1, 0.15) is 0 Å². The van der Waals surface area contributed by atoms with Crippen molar-refractivity contribution in [2.45, 2.75) is 19.0 Å². The highest BCUT2D eigenvalue weighted by Gasteiger charge is 2.12. The van der Waals surface area contributed by atoms with Gasteiger partial charge in [-0.2, -0.15) is 0 Å². The second kappa shape index (κ2) is 7.17. The van der Waals surface area contributed by atoms with E-state index in [0.717, 1.165) is 17.3 Å². The van der Waals surface area contributed by atoms with Crippen LogP contribution in [0, 0.1) is 13.8 Å². The van der Waals surface area contributed by atoms with Crippen molar-refractivity contribution in [1.29, 1.82) is 0 Å². The Morgan fingerprint density at radius 3 is 2.77 bits per heavy atom. The first-order valence-corrected chi connectivity index (χ1v) is 8.06. The van der Waals surface area contributed by atoms with Crippen LogP contribution in [0.3, 0.4) is 0 Å². The van der Waals surface area contributed by atoms with Gasteiger partial charge in [0.2, 0.25) is 5.91 Å². The van der Waals surface area contributed by atoms with Crippen molar-refractivity contribution in [2.24, 2.45) is 0 Å². The molecule has 2 rings (SSSR count). The molecule has 8 heteroatoms. The Balaban J connectivity index is 2.05. The number of aromatic nitrogens is 2. The van der Waals surface area contributed by atoms with Crippen LogP contribution in [0.4, 0.5) is 5.69 Å². The number of rotatable bonds is 4. The summed E-state index contributed by atoms with van der Waals surface area (Å²) < 4.78 is 0. The molecule has 0 atom stereocenters. The van der Waals surface area contributed by atoms with Gasteiger partial charge < -0.3 is 10.3 Å². The Kier molecular flexibility index (Phi) is 5.50. The Morgan fingerprint density at radius 1 is 1.36 bits per heavy atom. The fourth-order valence-corrected chi connectivity index (χ4v) is 2.89. The number of hydrogen-bond acceptors (Lipinski definition) is 4.